The normalized spacial score (nSPS) is 12.7. The van der Waals surface area contributed by atoms with Crippen molar-refractivity contribution >= 4 is 11.2 Å². The average Bonchev–Trinajstić information content (AvgIpc) is 3.54. The van der Waals surface area contributed by atoms with Crippen molar-refractivity contribution in [3.63, 3.8) is 0 Å². The van der Waals surface area contributed by atoms with Gasteiger partial charge in [0, 0.05) is 24.8 Å². The first kappa shape index (κ1) is 28.1. The SMILES string of the molecule is Cc1cnn(C(C)C)c1-c1ncc2c(n1)n(Cc1ccc(-c3nc(C(F)(F)F)cn3C)cc1)c(=N)n2CC(F)(F)F. The Morgan fingerprint density at radius 1 is 0.951 bits per heavy atom. The van der Waals surface area contributed by atoms with Crippen LogP contribution in [0.5, 0.6) is 0 Å². The second kappa shape index (κ2) is 9.89. The molecule has 5 rings (SSSR count). The number of rotatable bonds is 6. The lowest BCUT2D eigenvalue weighted by atomic mass is 10.1. The highest BCUT2D eigenvalue weighted by molar-refractivity contribution is 5.73. The summed E-state index contributed by atoms with van der Waals surface area (Å²) in [7, 11) is 1.45. The van der Waals surface area contributed by atoms with Gasteiger partial charge in [-0.25, -0.2) is 15.0 Å². The van der Waals surface area contributed by atoms with Gasteiger partial charge in [0.2, 0.25) is 5.62 Å². The van der Waals surface area contributed by atoms with Crippen LogP contribution in [-0.4, -0.2) is 44.6 Å². The maximum atomic E-state index is 13.5. The Morgan fingerprint density at radius 3 is 2.22 bits per heavy atom. The van der Waals surface area contributed by atoms with Crippen molar-refractivity contribution < 1.29 is 26.3 Å². The Labute approximate surface area is 229 Å². The number of benzene rings is 1. The molecule has 0 unspecified atom stereocenters. The Bertz CT molecular complexity index is 1780. The molecule has 41 heavy (non-hydrogen) atoms. The third-order valence-electron chi connectivity index (χ3n) is 6.54. The van der Waals surface area contributed by atoms with E-state index < -0.39 is 30.2 Å². The third-order valence-corrected chi connectivity index (χ3v) is 6.54. The molecule has 0 aliphatic carbocycles. The van der Waals surface area contributed by atoms with E-state index in [-0.39, 0.29) is 35.4 Å². The van der Waals surface area contributed by atoms with Crippen LogP contribution in [0, 0.1) is 12.3 Å². The van der Waals surface area contributed by atoms with Crippen molar-refractivity contribution in [1.82, 2.24) is 38.4 Å². The molecule has 0 amide bonds. The van der Waals surface area contributed by atoms with Crippen LogP contribution >= 0.6 is 0 Å². The highest BCUT2D eigenvalue weighted by Gasteiger charge is 2.34. The predicted octanol–water partition coefficient (Wildman–Crippen LogP) is 5.49. The van der Waals surface area contributed by atoms with E-state index in [2.05, 4.69) is 20.1 Å². The van der Waals surface area contributed by atoms with Crippen molar-refractivity contribution in [2.45, 2.75) is 52.3 Å². The first-order valence-electron chi connectivity index (χ1n) is 12.5. The minimum absolute atomic E-state index is 0.0201. The minimum atomic E-state index is -4.59. The van der Waals surface area contributed by atoms with E-state index in [0.717, 1.165) is 16.3 Å². The topological polar surface area (TPSA) is 95.1 Å². The van der Waals surface area contributed by atoms with Crippen molar-refractivity contribution in [3.05, 3.63) is 65.3 Å². The van der Waals surface area contributed by atoms with Crippen LogP contribution in [-0.2, 0) is 26.3 Å². The summed E-state index contributed by atoms with van der Waals surface area (Å²) in [6, 6.07) is 6.35. The van der Waals surface area contributed by atoms with Gasteiger partial charge in [0.25, 0.3) is 0 Å². The molecule has 0 spiro atoms. The first-order valence-corrected chi connectivity index (χ1v) is 12.5. The molecule has 0 saturated carbocycles. The predicted molar refractivity (Wildman–Crippen MR) is 137 cm³/mol. The molecule has 0 bridgehead atoms. The van der Waals surface area contributed by atoms with E-state index in [1.165, 1.54) is 22.4 Å². The lowest BCUT2D eigenvalue weighted by molar-refractivity contribution is -0.141. The summed E-state index contributed by atoms with van der Waals surface area (Å²) in [5, 5.41) is 12.9. The summed E-state index contributed by atoms with van der Waals surface area (Å²) in [6.07, 6.45) is -5.36. The lowest BCUT2D eigenvalue weighted by Gasteiger charge is -2.11. The molecule has 0 radical (unpaired) electrons. The van der Waals surface area contributed by atoms with Crippen molar-refractivity contribution in [3.8, 4) is 22.9 Å². The van der Waals surface area contributed by atoms with Gasteiger partial charge in [-0.1, -0.05) is 24.3 Å². The Morgan fingerprint density at radius 2 is 1.63 bits per heavy atom. The van der Waals surface area contributed by atoms with Crippen LogP contribution in [0.4, 0.5) is 26.3 Å². The van der Waals surface area contributed by atoms with Gasteiger partial charge in [0.1, 0.15) is 23.6 Å². The quantitative estimate of drug-likeness (QED) is 0.270. The van der Waals surface area contributed by atoms with E-state index in [9.17, 15) is 26.3 Å². The summed E-state index contributed by atoms with van der Waals surface area (Å²) in [5.74, 6) is 0.360. The molecule has 4 heterocycles. The molecule has 4 aromatic heterocycles. The second-order valence-corrected chi connectivity index (χ2v) is 9.98. The van der Waals surface area contributed by atoms with Gasteiger partial charge < -0.3 is 4.57 Å². The number of hydrogen-bond acceptors (Lipinski definition) is 5. The molecule has 9 nitrogen and oxygen atoms in total. The molecule has 0 saturated heterocycles. The van der Waals surface area contributed by atoms with Crippen molar-refractivity contribution in [2.75, 3.05) is 0 Å². The van der Waals surface area contributed by atoms with E-state index >= 15 is 0 Å². The Balaban J connectivity index is 1.58. The number of nitrogens with one attached hydrogen (secondary N) is 1. The summed E-state index contributed by atoms with van der Waals surface area (Å²) in [5.41, 5.74) is 1.12. The zero-order chi connectivity index (χ0) is 29.9. The van der Waals surface area contributed by atoms with Crippen LogP contribution in [0.1, 0.15) is 36.7 Å². The maximum absolute atomic E-state index is 13.5. The highest BCUT2D eigenvalue weighted by Crippen LogP contribution is 2.31. The molecule has 0 atom stereocenters. The second-order valence-electron chi connectivity index (χ2n) is 9.98. The number of halogens is 6. The summed E-state index contributed by atoms with van der Waals surface area (Å²) < 4.78 is 84.8. The minimum Gasteiger partial charge on any atom is -0.333 e. The number of imidazole rings is 2. The van der Waals surface area contributed by atoms with Gasteiger partial charge in [-0.3, -0.25) is 19.2 Å². The Kier molecular flexibility index (Phi) is 6.78. The Hall–Kier alpha value is -4.43. The molecule has 15 heteroatoms. The molecule has 1 N–H and O–H groups in total. The number of aryl methyl sites for hydroxylation is 2. The fourth-order valence-electron chi connectivity index (χ4n) is 4.65. The highest BCUT2D eigenvalue weighted by atomic mass is 19.4. The van der Waals surface area contributed by atoms with Crippen LogP contribution in [0.25, 0.3) is 34.1 Å². The number of fused-ring (bicyclic) bond motifs is 1. The van der Waals surface area contributed by atoms with Gasteiger partial charge in [-0.05, 0) is 31.9 Å². The molecule has 216 valence electrons. The van der Waals surface area contributed by atoms with Gasteiger partial charge >= 0.3 is 12.4 Å². The fourth-order valence-corrected chi connectivity index (χ4v) is 4.65. The summed E-state index contributed by atoms with van der Waals surface area (Å²) >= 11 is 0. The number of nitrogens with zero attached hydrogens (tertiary/aromatic N) is 8. The van der Waals surface area contributed by atoms with E-state index in [1.807, 2.05) is 20.8 Å². The van der Waals surface area contributed by atoms with Gasteiger partial charge in [0.05, 0.1) is 18.9 Å². The van der Waals surface area contributed by atoms with Crippen molar-refractivity contribution in [1.29, 1.82) is 5.41 Å². The maximum Gasteiger partial charge on any atom is 0.434 e. The summed E-state index contributed by atoms with van der Waals surface area (Å²) in [4.78, 5) is 12.6. The van der Waals surface area contributed by atoms with Crippen LogP contribution < -0.4 is 5.62 Å². The monoisotopic (exact) mass is 577 g/mol. The fraction of sp³-hybridized carbons (Fsp3) is 0.346. The zero-order valence-corrected chi connectivity index (χ0v) is 22.4. The average molecular weight is 578 g/mol. The molecule has 0 fully saturated rings. The number of alkyl halides is 6. The zero-order valence-electron chi connectivity index (χ0n) is 22.4. The molecule has 5 aromatic rings. The van der Waals surface area contributed by atoms with Gasteiger partial charge in [-0.2, -0.15) is 31.4 Å². The molecule has 0 aliphatic rings. The largest absolute Gasteiger partial charge is 0.434 e. The van der Waals surface area contributed by atoms with Crippen molar-refractivity contribution in [2.24, 2.45) is 7.05 Å². The van der Waals surface area contributed by atoms with Crippen LogP contribution in [0.15, 0.2) is 42.9 Å². The molecular weight excluding hydrogens is 552 g/mol. The summed E-state index contributed by atoms with van der Waals surface area (Å²) in [6.45, 7) is 4.26. The number of aromatic nitrogens is 8. The molecule has 1 aromatic carbocycles. The lowest BCUT2D eigenvalue weighted by Crippen LogP contribution is -2.30. The molecular formula is C26H25F6N9. The first-order chi connectivity index (χ1) is 19.1. The van der Waals surface area contributed by atoms with E-state index in [1.54, 1.807) is 35.1 Å². The van der Waals surface area contributed by atoms with E-state index in [4.69, 9.17) is 5.41 Å². The van der Waals surface area contributed by atoms with Gasteiger partial charge in [-0.15, -0.1) is 0 Å². The standard InChI is InChI=1S/C26H25F6N9/c1-14(2)41-20(15(3)9-35-41)21-34-10-18-23(37-21)39(24(33)40(18)13-25(27,28)29)11-16-5-7-17(8-6-16)22-36-19(12-38(22)4)26(30,31)32/h5-10,12,14,33H,11,13H2,1-4H3. The smallest absolute Gasteiger partial charge is 0.333 e. The number of hydrogen-bond donors (Lipinski definition) is 1. The van der Waals surface area contributed by atoms with Crippen LogP contribution in [0.2, 0.25) is 0 Å². The van der Waals surface area contributed by atoms with Gasteiger partial charge in [0.15, 0.2) is 17.2 Å². The molecule has 0 aliphatic heterocycles. The van der Waals surface area contributed by atoms with Crippen LogP contribution in [0.3, 0.4) is 0 Å². The third kappa shape index (κ3) is 5.35. The van der Waals surface area contributed by atoms with E-state index in [0.29, 0.717) is 16.8 Å².